The van der Waals surface area contributed by atoms with Crippen molar-refractivity contribution < 1.29 is 22.7 Å². The number of carbonyl (C=O) groups excluding carboxylic acids is 1. The molecule has 0 spiro atoms. The zero-order valence-electron chi connectivity index (χ0n) is 15.3. The van der Waals surface area contributed by atoms with Gasteiger partial charge in [0.05, 0.1) is 24.2 Å². The smallest absolute Gasteiger partial charge is 0.254 e. The minimum absolute atomic E-state index is 0.00933. The third-order valence-electron chi connectivity index (χ3n) is 5.10. The third-order valence-corrected chi connectivity index (χ3v) is 6.03. The van der Waals surface area contributed by atoms with E-state index in [1.807, 2.05) is 23.1 Å². The molecule has 2 aliphatic rings. The molecule has 0 unspecified atom stereocenters. The minimum Gasteiger partial charge on any atom is -0.490 e. The molecular formula is C20H22N2O5S. The van der Waals surface area contributed by atoms with E-state index in [-0.39, 0.29) is 16.8 Å². The first-order chi connectivity index (χ1) is 13.4. The molecule has 1 saturated heterocycles. The molecule has 0 aromatic heterocycles. The largest absolute Gasteiger partial charge is 0.490 e. The first-order valence-electron chi connectivity index (χ1n) is 9.27. The Balaban J connectivity index is 1.58. The van der Waals surface area contributed by atoms with Crippen molar-refractivity contribution in [3.63, 3.8) is 0 Å². The SMILES string of the molecule is NS(=O)(=O)c1ccc(C(=O)N2CCC[C@H]2c2ccc3c(c2)OCCCO3)cc1. The second-order valence-electron chi connectivity index (χ2n) is 6.98. The molecular weight excluding hydrogens is 380 g/mol. The van der Waals surface area contributed by atoms with E-state index < -0.39 is 10.0 Å². The molecule has 2 aromatic carbocycles. The lowest BCUT2D eigenvalue weighted by Gasteiger charge is -2.26. The molecule has 7 nitrogen and oxygen atoms in total. The van der Waals surface area contributed by atoms with Gasteiger partial charge in [-0.25, -0.2) is 13.6 Å². The van der Waals surface area contributed by atoms with Gasteiger partial charge in [0.25, 0.3) is 5.91 Å². The van der Waals surface area contributed by atoms with Gasteiger partial charge in [-0.3, -0.25) is 4.79 Å². The van der Waals surface area contributed by atoms with Crippen LogP contribution < -0.4 is 14.6 Å². The van der Waals surface area contributed by atoms with Crippen molar-refractivity contribution in [3.8, 4) is 11.5 Å². The van der Waals surface area contributed by atoms with Crippen LogP contribution in [0.15, 0.2) is 47.4 Å². The van der Waals surface area contributed by atoms with Crippen LogP contribution >= 0.6 is 0 Å². The number of carbonyl (C=O) groups is 1. The highest BCUT2D eigenvalue weighted by Gasteiger charge is 2.31. The number of nitrogens with zero attached hydrogens (tertiary/aromatic N) is 1. The van der Waals surface area contributed by atoms with E-state index in [9.17, 15) is 13.2 Å². The summed E-state index contributed by atoms with van der Waals surface area (Å²) in [5.74, 6) is 1.32. The Bertz CT molecular complexity index is 988. The number of benzene rings is 2. The number of hydrogen-bond donors (Lipinski definition) is 1. The van der Waals surface area contributed by atoms with E-state index in [2.05, 4.69) is 0 Å². The number of fused-ring (bicyclic) bond motifs is 1. The quantitative estimate of drug-likeness (QED) is 0.850. The first-order valence-corrected chi connectivity index (χ1v) is 10.8. The van der Waals surface area contributed by atoms with E-state index in [0.29, 0.717) is 31.1 Å². The van der Waals surface area contributed by atoms with Gasteiger partial charge < -0.3 is 14.4 Å². The van der Waals surface area contributed by atoms with Crippen LogP contribution in [-0.2, 0) is 10.0 Å². The molecule has 2 aliphatic heterocycles. The van der Waals surface area contributed by atoms with Crippen molar-refractivity contribution in [2.75, 3.05) is 19.8 Å². The molecule has 28 heavy (non-hydrogen) atoms. The molecule has 2 aromatic rings. The lowest BCUT2D eigenvalue weighted by molar-refractivity contribution is 0.0735. The summed E-state index contributed by atoms with van der Waals surface area (Å²) in [7, 11) is -3.78. The van der Waals surface area contributed by atoms with Gasteiger partial charge in [0.1, 0.15) is 0 Å². The van der Waals surface area contributed by atoms with E-state index in [4.69, 9.17) is 14.6 Å². The highest BCUT2D eigenvalue weighted by Crippen LogP contribution is 2.38. The molecule has 4 rings (SSSR count). The number of likely N-dealkylation sites (tertiary alicyclic amines) is 1. The van der Waals surface area contributed by atoms with Gasteiger partial charge in [0.2, 0.25) is 10.0 Å². The van der Waals surface area contributed by atoms with Crippen LogP contribution in [0.25, 0.3) is 0 Å². The number of primary sulfonamides is 1. The Kier molecular flexibility index (Phi) is 4.99. The van der Waals surface area contributed by atoms with Gasteiger partial charge in [-0.15, -0.1) is 0 Å². The fourth-order valence-electron chi connectivity index (χ4n) is 3.70. The monoisotopic (exact) mass is 402 g/mol. The lowest BCUT2D eigenvalue weighted by atomic mass is 10.0. The average Bonchev–Trinajstić information content (AvgIpc) is 3.05. The van der Waals surface area contributed by atoms with Crippen molar-refractivity contribution in [3.05, 3.63) is 53.6 Å². The third kappa shape index (κ3) is 3.70. The zero-order valence-corrected chi connectivity index (χ0v) is 16.2. The molecule has 2 N–H and O–H groups in total. The second-order valence-corrected chi connectivity index (χ2v) is 8.54. The average molecular weight is 402 g/mol. The second kappa shape index (κ2) is 7.44. The summed E-state index contributed by atoms with van der Waals surface area (Å²) in [5.41, 5.74) is 1.45. The number of nitrogens with two attached hydrogens (primary N) is 1. The van der Waals surface area contributed by atoms with Gasteiger partial charge in [-0.1, -0.05) is 6.07 Å². The van der Waals surface area contributed by atoms with Crippen molar-refractivity contribution in [1.82, 2.24) is 4.90 Å². The molecule has 0 aliphatic carbocycles. The Hall–Kier alpha value is -2.58. The number of rotatable bonds is 3. The fraction of sp³-hybridized carbons (Fsp3) is 0.350. The number of amides is 1. The molecule has 1 fully saturated rings. The van der Waals surface area contributed by atoms with Crippen LogP contribution in [0.5, 0.6) is 11.5 Å². The molecule has 1 amide bonds. The predicted octanol–water partition coefficient (Wildman–Crippen LogP) is 2.47. The number of hydrogen-bond acceptors (Lipinski definition) is 5. The minimum atomic E-state index is -3.78. The van der Waals surface area contributed by atoms with Crippen LogP contribution in [-0.4, -0.2) is 39.0 Å². The highest BCUT2D eigenvalue weighted by atomic mass is 32.2. The molecule has 2 heterocycles. The summed E-state index contributed by atoms with van der Waals surface area (Å²) in [5, 5.41) is 5.12. The van der Waals surface area contributed by atoms with Gasteiger partial charge in [-0.2, -0.15) is 0 Å². The summed E-state index contributed by atoms with van der Waals surface area (Å²) in [4.78, 5) is 14.8. The number of ether oxygens (including phenoxy) is 2. The summed E-state index contributed by atoms with van der Waals surface area (Å²) in [6, 6.07) is 11.5. The molecule has 0 bridgehead atoms. The maximum absolute atomic E-state index is 13.0. The van der Waals surface area contributed by atoms with Crippen molar-refractivity contribution in [2.45, 2.75) is 30.2 Å². The lowest BCUT2D eigenvalue weighted by Crippen LogP contribution is -2.30. The van der Waals surface area contributed by atoms with Crippen LogP contribution in [0.2, 0.25) is 0 Å². The molecule has 0 saturated carbocycles. The van der Waals surface area contributed by atoms with E-state index in [1.54, 1.807) is 0 Å². The van der Waals surface area contributed by atoms with E-state index >= 15 is 0 Å². The Morgan fingerprint density at radius 2 is 1.71 bits per heavy atom. The van der Waals surface area contributed by atoms with E-state index in [0.717, 1.165) is 30.6 Å². The van der Waals surface area contributed by atoms with Gasteiger partial charge in [0, 0.05) is 18.5 Å². The standard InChI is InChI=1S/C20H22N2O5S/c21-28(24,25)16-7-4-14(5-8-16)20(23)22-10-1-3-17(22)15-6-9-18-19(13-15)27-12-2-11-26-18/h4-9,13,17H,1-3,10-12H2,(H2,21,24,25)/t17-/m0/s1. The maximum Gasteiger partial charge on any atom is 0.254 e. The van der Waals surface area contributed by atoms with Crippen molar-refractivity contribution in [2.24, 2.45) is 5.14 Å². The molecule has 1 atom stereocenters. The van der Waals surface area contributed by atoms with Gasteiger partial charge in [-0.05, 0) is 54.8 Å². The predicted molar refractivity (Wildman–Crippen MR) is 103 cm³/mol. The Morgan fingerprint density at radius 1 is 1.00 bits per heavy atom. The van der Waals surface area contributed by atoms with Crippen LogP contribution in [0, 0.1) is 0 Å². The van der Waals surface area contributed by atoms with Crippen molar-refractivity contribution >= 4 is 15.9 Å². The van der Waals surface area contributed by atoms with Crippen LogP contribution in [0.4, 0.5) is 0 Å². The first kappa shape index (κ1) is 18.8. The van der Waals surface area contributed by atoms with Crippen molar-refractivity contribution in [1.29, 1.82) is 0 Å². The van der Waals surface area contributed by atoms with Gasteiger partial charge in [0.15, 0.2) is 11.5 Å². The van der Waals surface area contributed by atoms with E-state index in [1.165, 1.54) is 24.3 Å². The summed E-state index contributed by atoms with van der Waals surface area (Å²) in [6.45, 7) is 1.89. The van der Waals surface area contributed by atoms with Gasteiger partial charge >= 0.3 is 0 Å². The maximum atomic E-state index is 13.0. The molecule has 148 valence electrons. The normalized spacial score (nSPS) is 19.3. The molecule has 8 heteroatoms. The fourth-order valence-corrected chi connectivity index (χ4v) is 4.21. The van der Waals surface area contributed by atoms with Crippen LogP contribution in [0.3, 0.4) is 0 Å². The topological polar surface area (TPSA) is 98.9 Å². The van der Waals surface area contributed by atoms with Crippen LogP contribution in [0.1, 0.15) is 41.2 Å². The Labute approximate surface area is 164 Å². The summed E-state index contributed by atoms with van der Waals surface area (Å²) >= 11 is 0. The zero-order chi connectivity index (χ0) is 19.7. The summed E-state index contributed by atoms with van der Waals surface area (Å²) < 4.78 is 34.3. The molecule has 0 radical (unpaired) electrons. The summed E-state index contributed by atoms with van der Waals surface area (Å²) in [6.07, 6.45) is 2.60. The highest BCUT2D eigenvalue weighted by molar-refractivity contribution is 7.89. The number of sulfonamides is 1. The Morgan fingerprint density at radius 3 is 2.43 bits per heavy atom.